The number of amidine groups is 1. The van der Waals surface area contributed by atoms with Gasteiger partial charge in [-0.05, 0) is 40.0 Å². The van der Waals surface area contributed by atoms with Gasteiger partial charge in [-0.3, -0.25) is 9.59 Å². The summed E-state index contributed by atoms with van der Waals surface area (Å²) in [5.74, 6) is -2.44. The van der Waals surface area contributed by atoms with Crippen LogP contribution in [0, 0.1) is 0 Å². The lowest BCUT2D eigenvalue weighted by Crippen LogP contribution is -2.50. The Morgan fingerprint density at radius 1 is 1.26 bits per heavy atom. The van der Waals surface area contributed by atoms with Crippen molar-refractivity contribution in [3.63, 3.8) is 0 Å². The number of nitrogens with one attached hydrogen (secondary N) is 3. The average Bonchev–Trinajstić information content (AvgIpc) is 3.09. The van der Waals surface area contributed by atoms with Gasteiger partial charge in [0.05, 0.1) is 6.61 Å². The zero-order valence-electron chi connectivity index (χ0n) is 22.0. The Kier molecular flexibility index (Phi) is 11.8. The van der Waals surface area contributed by atoms with Crippen molar-refractivity contribution in [1.29, 1.82) is 0 Å². The van der Waals surface area contributed by atoms with Crippen LogP contribution in [0.3, 0.4) is 0 Å². The van der Waals surface area contributed by atoms with Gasteiger partial charge in [0.25, 0.3) is 0 Å². The second-order valence-electron chi connectivity index (χ2n) is 9.86. The van der Waals surface area contributed by atoms with Gasteiger partial charge < -0.3 is 50.4 Å². The Bertz CT molecular complexity index is 895. The molecule has 38 heavy (non-hydrogen) atoms. The van der Waals surface area contributed by atoms with Crippen molar-refractivity contribution >= 4 is 23.7 Å². The van der Waals surface area contributed by atoms with Crippen LogP contribution in [0.25, 0.3) is 0 Å². The molecule has 2 unspecified atom stereocenters. The fourth-order valence-corrected chi connectivity index (χ4v) is 3.64. The number of rotatable bonds is 9. The van der Waals surface area contributed by atoms with Crippen molar-refractivity contribution in [1.82, 2.24) is 20.9 Å². The number of amides is 3. The maximum absolute atomic E-state index is 15.1. The second kappa shape index (κ2) is 14.3. The molecular weight excluding hydrogens is 509 g/mol. The quantitative estimate of drug-likeness (QED) is 0.199. The van der Waals surface area contributed by atoms with Gasteiger partial charge in [-0.15, -0.1) is 0 Å². The standard InChI is InChI=1S/C23H38FN5O9/c1-13(31)25-8-6-5-7-15(27-22(35)38-23(2,3)4)20(34)28-19-14(24)9-29(12-36-11-26-19)21-18(33)17(32)16(10-30)37-21/h9,15-18,21,30,32-33H,5-8,10-12H2,1-4H3,(H,25,31)(H,27,35)(H,26,28,34)/t15-,16+,17?,18?,21+/m0/s1. The van der Waals surface area contributed by atoms with Gasteiger partial charge in [0.15, 0.2) is 17.9 Å². The molecule has 0 bridgehead atoms. The Morgan fingerprint density at radius 2 is 1.97 bits per heavy atom. The molecule has 1 saturated heterocycles. The number of aliphatic hydroxyl groups excluding tert-OH is 3. The number of hydrogen-bond acceptors (Lipinski definition) is 11. The first-order chi connectivity index (χ1) is 17.8. The summed E-state index contributed by atoms with van der Waals surface area (Å²) in [7, 11) is 0. The lowest BCUT2D eigenvalue weighted by Gasteiger charge is -2.30. The van der Waals surface area contributed by atoms with E-state index in [1.165, 1.54) is 6.92 Å². The lowest BCUT2D eigenvalue weighted by molar-refractivity contribution is -0.122. The SMILES string of the molecule is CC(=O)NCCCC[C@H](NC(=O)OC(C)(C)C)C(=O)NC1=NCOCN([C@@H]2O[C@H](CO)C(O)C2O)C=C1F. The van der Waals surface area contributed by atoms with Gasteiger partial charge in [-0.2, -0.15) is 0 Å². The van der Waals surface area contributed by atoms with Gasteiger partial charge in [0.1, 0.15) is 43.4 Å². The van der Waals surface area contributed by atoms with Gasteiger partial charge >= 0.3 is 6.09 Å². The molecule has 1 fully saturated rings. The largest absolute Gasteiger partial charge is 0.444 e. The van der Waals surface area contributed by atoms with Crippen LogP contribution in [-0.4, -0.2) is 107 Å². The number of nitrogens with zero attached hydrogens (tertiary/aromatic N) is 2. The van der Waals surface area contributed by atoms with E-state index in [2.05, 4.69) is 20.9 Å². The molecule has 0 saturated carbocycles. The molecule has 2 aliphatic rings. The predicted molar refractivity (Wildman–Crippen MR) is 131 cm³/mol. The van der Waals surface area contributed by atoms with Crippen LogP contribution in [0.4, 0.5) is 9.18 Å². The highest BCUT2D eigenvalue weighted by atomic mass is 19.1. The first kappa shape index (κ1) is 31.4. The number of aliphatic hydroxyl groups is 3. The number of alkyl carbamates (subject to hydrolysis) is 1. The number of halogens is 1. The fourth-order valence-electron chi connectivity index (χ4n) is 3.64. The van der Waals surface area contributed by atoms with Crippen molar-refractivity contribution in [3.8, 4) is 0 Å². The summed E-state index contributed by atoms with van der Waals surface area (Å²) < 4.78 is 31.1. The van der Waals surface area contributed by atoms with Crippen molar-refractivity contribution in [2.75, 3.05) is 26.6 Å². The Balaban J connectivity index is 2.11. The molecule has 5 atom stereocenters. The zero-order valence-corrected chi connectivity index (χ0v) is 22.0. The number of carbonyl (C=O) groups is 3. The molecule has 2 rings (SSSR count). The molecule has 2 aliphatic heterocycles. The highest BCUT2D eigenvalue weighted by Crippen LogP contribution is 2.25. The van der Waals surface area contributed by atoms with Crippen LogP contribution >= 0.6 is 0 Å². The molecule has 6 N–H and O–H groups in total. The van der Waals surface area contributed by atoms with E-state index in [1.54, 1.807) is 20.8 Å². The number of aliphatic imine (C=N–C) groups is 1. The molecule has 216 valence electrons. The molecular formula is C23H38FN5O9. The van der Waals surface area contributed by atoms with E-state index in [0.717, 1.165) is 11.1 Å². The third kappa shape index (κ3) is 9.79. The smallest absolute Gasteiger partial charge is 0.408 e. The van der Waals surface area contributed by atoms with E-state index < -0.39 is 66.5 Å². The molecule has 0 aromatic carbocycles. The number of hydrogen-bond donors (Lipinski definition) is 6. The fraction of sp³-hybridized carbons (Fsp3) is 0.739. The van der Waals surface area contributed by atoms with Gasteiger partial charge in [-0.1, -0.05) is 0 Å². The lowest BCUT2D eigenvalue weighted by atomic mass is 10.1. The number of ether oxygens (including phenoxy) is 3. The summed E-state index contributed by atoms with van der Waals surface area (Å²) in [4.78, 5) is 41.4. The monoisotopic (exact) mass is 547 g/mol. The Hall–Kier alpha value is -2.85. The first-order valence-electron chi connectivity index (χ1n) is 12.2. The summed E-state index contributed by atoms with van der Waals surface area (Å²) in [5.41, 5.74) is -0.814. The molecule has 14 nitrogen and oxygen atoms in total. The molecule has 0 radical (unpaired) electrons. The summed E-state index contributed by atoms with van der Waals surface area (Å²) in [5, 5.41) is 37.0. The van der Waals surface area contributed by atoms with Gasteiger partial charge in [-0.25, -0.2) is 14.2 Å². The minimum atomic E-state index is -1.46. The average molecular weight is 548 g/mol. The molecule has 2 heterocycles. The summed E-state index contributed by atoms with van der Waals surface area (Å²) in [6.07, 6.45) is -3.98. The van der Waals surface area contributed by atoms with Crippen LogP contribution in [-0.2, 0) is 23.8 Å². The van der Waals surface area contributed by atoms with E-state index in [9.17, 15) is 29.7 Å². The predicted octanol–water partition coefficient (Wildman–Crippen LogP) is -0.802. The van der Waals surface area contributed by atoms with Crippen molar-refractivity contribution in [3.05, 3.63) is 12.0 Å². The third-order valence-corrected chi connectivity index (χ3v) is 5.45. The molecule has 0 spiro atoms. The van der Waals surface area contributed by atoms with E-state index >= 15 is 4.39 Å². The van der Waals surface area contributed by atoms with Crippen LogP contribution < -0.4 is 16.0 Å². The topological polar surface area (TPSA) is 191 Å². The maximum atomic E-state index is 15.1. The Labute approximate surface area is 220 Å². The van der Waals surface area contributed by atoms with E-state index in [1.807, 2.05) is 0 Å². The minimum Gasteiger partial charge on any atom is -0.444 e. The van der Waals surface area contributed by atoms with Crippen molar-refractivity contribution < 1.29 is 48.3 Å². The van der Waals surface area contributed by atoms with E-state index in [0.29, 0.717) is 19.4 Å². The van der Waals surface area contributed by atoms with Gasteiger partial charge in [0, 0.05) is 19.7 Å². The van der Waals surface area contributed by atoms with E-state index in [-0.39, 0.29) is 25.8 Å². The summed E-state index contributed by atoms with van der Waals surface area (Å²) in [6, 6.07) is -1.11. The Morgan fingerprint density at radius 3 is 2.58 bits per heavy atom. The number of carbonyl (C=O) groups excluding carboxylic acids is 3. The van der Waals surface area contributed by atoms with Crippen molar-refractivity contribution in [2.45, 2.75) is 83.1 Å². The number of unbranched alkanes of at least 4 members (excludes halogenated alkanes) is 1. The zero-order chi connectivity index (χ0) is 28.5. The maximum Gasteiger partial charge on any atom is 0.408 e. The van der Waals surface area contributed by atoms with Crippen molar-refractivity contribution in [2.24, 2.45) is 4.99 Å². The molecule has 3 amide bonds. The van der Waals surface area contributed by atoms with Crippen LogP contribution in [0.1, 0.15) is 47.0 Å². The first-order valence-corrected chi connectivity index (χ1v) is 12.2. The van der Waals surface area contributed by atoms with Crippen LogP contribution in [0.5, 0.6) is 0 Å². The molecule has 15 heteroatoms. The normalized spacial score (nSPS) is 24.9. The molecule has 0 aliphatic carbocycles. The van der Waals surface area contributed by atoms with E-state index in [4.69, 9.17) is 14.2 Å². The molecule has 0 aromatic rings. The second-order valence-corrected chi connectivity index (χ2v) is 9.86. The summed E-state index contributed by atoms with van der Waals surface area (Å²) in [6.45, 7) is 5.58. The third-order valence-electron chi connectivity index (χ3n) is 5.45. The summed E-state index contributed by atoms with van der Waals surface area (Å²) >= 11 is 0. The highest BCUT2D eigenvalue weighted by Gasteiger charge is 2.45. The highest BCUT2D eigenvalue weighted by molar-refractivity contribution is 6.08. The minimum absolute atomic E-state index is 0.161. The van der Waals surface area contributed by atoms with Crippen LogP contribution in [0.15, 0.2) is 17.0 Å². The van der Waals surface area contributed by atoms with Gasteiger partial charge in [0.2, 0.25) is 11.8 Å². The molecule has 0 aromatic heterocycles. The van der Waals surface area contributed by atoms with Crippen LogP contribution in [0.2, 0.25) is 0 Å².